The predicted molar refractivity (Wildman–Crippen MR) is 84.7 cm³/mol. The summed E-state index contributed by atoms with van der Waals surface area (Å²) in [6.07, 6.45) is 0.573. The highest BCUT2D eigenvalue weighted by atomic mass is 16.6. The van der Waals surface area contributed by atoms with Crippen LogP contribution in [-0.2, 0) is 14.3 Å². The Bertz CT molecular complexity index is 462. The van der Waals surface area contributed by atoms with Crippen LogP contribution in [0.1, 0.15) is 67.2 Å². The molecule has 0 spiro atoms. The number of Topliss-reactive ketones (excluding diaryl/α,β-unsaturated/α-hetero) is 1. The quantitative estimate of drug-likeness (QED) is 0.747. The molecular formula is C16H28N2O5. The minimum Gasteiger partial charge on any atom is -0.443 e. The minimum atomic E-state index is -0.749. The molecule has 1 unspecified atom stereocenters. The lowest BCUT2D eigenvalue weighted by Crippen LogP contribution is -2.55. The molecule has 1 fully saturated rings. The van der Waals surface area contributed by atoms with Gasteiger partial charge in [-0.1, -0.05) is 0 Å². The summed E-state index contributed by atoms with van der Waals surface area (Å²) in [5, 5.41) is 1.09. The number of nitrogens with one attached hydrogen (secondary N) is 1. The van der Waals surface area contributed by atoms with Crippen LogP contribution in [0, 0.1) is 0 Å². The van der Waals surface area contributed by atoms with Gasteiger partial charge in [0.15, 0.2) is 0 Å². The van der Waals surface area contributed by atoms with E-state index in [0.717, 1.165) is 5.01 Å². The number of hydrogen-bond donors (Lipinski definition) is 1. The first kappa shape index (κ1) is 19.3. The summed E-state index contributed by atoms with van der Waals surface area (Å²) in [4.78, 5) is 36.1. The molecule has 1 N–H and O–H groups in total. The van der Waals surface area contributed by atoms with E-state index in [2.05, 4.69) is 5.43 Å². The molecule has 0 aliphatic heterocycles. The van der Waals surface area contributed by atoms with Crippen LogP contribution in [0.15, 0.2) is 0 Å². The summed E-state index contributed by atoms with van der Waals surface area (Å²) in [6, 6.07) is -0.418. The number of nitrogens with zero attached hydrogens (tertiary/aromatic N) is 1. The van der Waals surface area contributed by atoms with Gasteiger partial charge in [-0.25, -0.2) is 20.0 Å². The van der Waals surface area contributed by atoms with Gasteiger partial charge in [0, 0.05) is 12.8 Å². The fourth-order valence-corrected chi connectivity index (χ4v) is 2.22. The highest BCUT2D eigenvalue weighted by molar-refractivity contribution is 5.81. The number of ketones is 1. The molecule has 7 heteroatoms. The molecule has 1 saturated carbocycles. The second-order valence-corrected chi connectivity index (χ2v) is 7.75. The molecule has 0 aromatic heterocycles. The zero-order chi connectivity index (χ0) is 17.8. The van der Waals surface area contributed by atoms with Crippen LogP contribution in [0.25, 0.3) is 0 Å². The van der Waals surface area contributed by atoms with Crippen molar-refractivity contribution in [2.75, 3.05) is 0 Å². The number of ether oxygens (including phenoxy) is 2. The van der Waals surface area contributed by atoms with Gasteiger partial charge in [0.1, 0.15) is 17.0 Å². The van der Waals surface area contributed by atoms with E-state index in [1.54, 1.807) is 41.5 Å². The Hall–Kier alpha value is -1.79. The first-order valence-corrected chi connectivity index (χ1v) is 7.91. The third kappa shape index (κ3) is 7.34. The lowest BCUT2D eigenvalue weighted by Gasteiger charge is -2.35. The Morgan fingerprint density at radius 3 is 2.13 bits per heavy atom. The van der Waals surface area contributed by atoms with Crippen molar-refractivity contribution >= 4 is 18.0 Å². The van der Waals surface area contributed by atoms with Gasteiger partial charge >= 0.3 is 12.2 Å². The van der Waals surface area contributed by atoms with E-state index in [0.29, 0.717) is 19.3 Å². The summed E-state index contributed by atoms with van der Waals surface area (Å²) in [5.41, 5.74) is 1.04. The highest BCUT2D eigenvalue weighted by Crippen LogP contribution is 2.21. The second-order valence-electron chi connectivity index (χ2n) is 7.75. The molecule has 0 saturated heterocycles. The number of carbonyl (C=O) groups excluding carboxylic acids is 3. The van der Waals surface area contributed by atoms with Crippen LogP contribution in [0.5, 0.6) is 0 Å². The first-order valence-electron chi connectivity index (χ1n) is 7.91. The van der Waals surface area contributed by atoms with E-state index in [9.17, 15) is 14.4 Å². The molecule has 1 aliphatic rings. The number of hydrazine groups is 1. The van der Waals surface area contributed by atoms with Crippen molar-refractivity contribution in [2.45, 2.75) is 84.5 Å². The number of rotatable bonds is 1. The maximum Gasteiger partial charge on any atom is 0.429 e. The van der Waals surface area contributed by atoms with E-state index < -0.39 is 29.4 Å². The van der Waals surface area contributed by atoms with Crippen molar-refractivity contribution in [1.82, 2.24) is 10.4 Å². The van der Waals surface area contributed by atoms with Crippen molar-refractivity contribution in [1.29, 1.82) is 0 Å². The number of amides is 2. The van der Waals surface area contributed by atoms with E-state index in [1.165, 1.54) is 0 Å². The summed E-state index contributed by atoms with van der Waals surface area (Å²) in [7, 11) is 0. The van der Waals surface area contributed by atoms with E-state index in [1.807, 2.05) is 0 Å². The standard InChI is InChI=1S/C16H28N2O5/c1-15(2,3)22-13(20)17-18(14(21)23-16(4,5)6)11-8-7-9-12(19)10-11/h11H,7-10H2,1-6H3,(H,17,20). The fourth-order valence-electron chi connectivity index (χ4n) is 2.22. The summed E-state index contributed by atoms with van der Waals surface area (Å²) in [5.74, 6) is 0.0702. The molecule has 0 radical (unpaired) electrons. The zero-order valence-corrected chi connectivity index (χ0v) is 14.9. The van der Waals surface area contributed by atoms with Gasteiger partial charge < -0.3 is 9.47 Å². The molecule has 2 amide bonds. The van der Waals surface area contributed by atoms with Crippen LogP contribution < -0.4 is 5.43 Å². The van der Waals surface area contributed by atoms with E-state index in [4.69, 9.17) is 9.47 Å². The zero-order valence-electron chi connectivity index (χ0n) is 14.9. The molecule has 7 nitrogen and oxygen atoms in total. The molecule has 1 aliphatic carbocycles. The van der Waals surface area contributed by atoms with Crippen LogP contribution in [0.2, 0.25) is 0 Å². The van der Waals surface area contributed by atoms with Crippen molar-refractivity contribution in [3.63, 3.8) is 0 Å². The van der Waals surface area contributed by atoms with E-state index in [-0.39, 0.29) is 12.2 Å². The predicted octanol–water partition coefficient (Wildman–Crippen LogP) is 3.17. The molecular weight excluding hydrogens is 300 g/mol. The van der Waals surface area contributed by atoms with Crippen molar-refractivity contribution in [3.05, 3.63) is 0 Å². The van der Waals surface area contributed by atoms with E-state index >= 15 is 0 Å². The van der Waals surface area contributed by atoms with Gasteiger partial charge in [0.25, 0.3) is 0 Å². The third-order valence-corrected chi connectivity index (χ3v) is 3.02. The summed E-state index contributed by atoms with van der Waals surface area (Å²) in [6.45, 7) is 10.4. The topological polar surface area (TPSA) is 84.9 Å². The highest BCUT2D eigenvalue weighted by Gasteiger charge is 2.34. The van der Waals surface area contributed by atoms with Gasteiger partial charge in [-0.05, 0) is 54.4 Å². The lowest BCUT2D eigenvalue weighted by molar-refractivity contribution is -0.122. The molecule has 1 rings (SSSR count). The summed E-state index contributed by atoms with van der Waals surface area (Å²) >= 11 is 0. The molecule has 1 atom stereocenters. The Morgan fingerprint density at radius 2 is 1.65 bits per heavy atom. The van der Waals surface area contributed by atoms with Crippen LogP contribution >= 0.6 is 0 Å². The molecule has 0 bridgehead atoms. The average molecular weight is 328 g/mol. The number of hydrogen-bond acceptors (Lipinski definition) is 5. The minimum absolute atomic E-state index is 0.0702. The van der Waals surface area contributed by atoms with Gasteiger partial charge in [0.2, 0.25) is 0 Å². The molecule has 0 aromatic carbocycles. The summed E-state index contributed by atoms with van der Waals surface area (Å²) < 4.78 is 10.5. The Balaban J connectivity index is 2.85. The normalized spacial score (nSPS) is 19.0. The fraction of sp³-hybridized carbons (Fsp3) is 0.812. The molecule has 0 heterocycles. The maximum atomic E-state index is 12.4. The molecule has 0 aromatic rings. The SMILES string of the molecule is CC(C)(C)OC(=O)NN(C(=O)OC(C)(C)C)C1CCCC(=O)C1. The lowest BCUT2D eigenvalue weighted by atomic mass is 9.94. The second kappa shape index (κ2) is 7.19. The Morgan fingerprint density at radius 1 is 1.09 bits per heavy atom. The third-order valence-electron chi connectivity index (χ3n) is 3.02. The largest absolute Gasteiger partial charge is 0.443 e. The van der Waals surface area contributed by atoms with Crippen LogP contribution in [0.3, 0.4) is 0 Å². The monoisotopic (exact) mass is 328 g/mol. The molecule has 23 heavy (non-hydrogen) atoms. The van der Waals surface area contributed by atoms with Crippen molar-refractivity contribution < 1.29 is 23.9 Å². The Kier molecular flexibility index (Phi) is 6.02. The van der Waals surface area contributed by atoms with Crippen molar-refractivity contribution in [2.24, 2.45) is 0 Å². The van der Waals surface area contributed by atoms with Gasteiger partial charge in [0.05, 0.1) is 6.04 Å². The van der Waals surface area contributed by atoms with Crippen LogP contribution in [-0.4, -0.2) is 40.2 Å². The number of carbonyl (C=O) groups is 3. The maximum absolute atomic E-state index is 12.4. The molecule has 132 valence electrons. The van der Waals surface area contributed by atoms with Crippen LogP contribution in [0.4, 0.5) is 9.59 Å². The Labute approximate surface area is 137 Å². The van der Waals surface area contributed by atoms with Gasteiger partial charge in [-0.2, -0.15) is 0 Å². The first-order chi connectivity index (χ1) is 10.4. The van der Waals surface area contributed by atoms with Gasteiger partial charge in [-0.3, -0.25) is 4.79 Å². The smallest absolute Gasteiger partial charge is 0.429 e. The average Bonchev–Trinajstić information content (AvgIpc) is 2.31. The van der Waals surface area contributed by atoms with Gasteiger partial charge in [-0.15, -0.1) is 0 Å². The van der Waals surface area contributed by atoms with Crippen molar-refractivity contribution in [3.8, 4) is 0 Å².